The fraction of sp³-hybridized carbons (Fsp3) is 0.231. The van der Waals surface area contributed by atoms with Gasteiger partial charge in [0.05, 0.1) is 0 Å². The minimum atomic E-state index is 0.249. The molecular weight excluding hydrogens is 252 g/mol. The van der Waals surface area contributed by atoms with Crippen molar-refractivity contribution in [2.45, 2.75) is 12.8 Å². The van der Waals surface area contributed by atoms with Crippen LogP contribution in [0.25, 0.3) is 10.8 Å². The van der Waals surface area contributed by atoms with Gasteiger partial charge in [0.15, 0.2) is 0 Å². The SMILES string of the molecule is OCCCc1ccc2ccccc2c1Br. The topological polar surface area (TPSA) is 20.2 Å². The van der Waals surface area contributed by atoms with Crippen LogP contribution in [-0.2, 0) is 6.42 Å². The second kappa shape index (κ2) is 4.77. The van der Waals surface area contributed by atoms with Crippen LogP contribution in [0.3, 0.4) is 0 Å². The normalized spacial score (nSPS) is 10.8. The molecule has 1 N–H and O–H groups in total. The summed E-state index contributed by atoms with van der Waals surface area (Å²) in [6, 6.07) is 12.6. The van der Waals surface area contributed by atoms with Gasteiger partial charge in [-0.05, 0) is 45.1 Å². The maximum Gasteiger partial charge on any atom is 0.0434 e. The Morgan fingerprint density at radius 1 is 1.07 bits per heavy atom. The molecule has 0 bridgehead atoms. The van der Waals surface area contributed by atoms with Gasteiger partial charge < -0.3 is 5.11 Å². The molecule has 78 valence electrons. The number of hydrogen-bond donors (Lipinski definition) is 1. The molecule has 2 aromatic rings. The molecule has 0 amide bonds. The van der Waals surface area contributed by atoms with Gasteiger partial charge in [-0.3, -0.25) is 0 Å². The molecule has 0 aliphatic rings. The predicted molar refractivity (Wildman–Crippen MR) is 67.1 cm³/mol. The van der Waals surface area contributed by atoms with Crippen molar-refractivity contribution in [1.29, 1.82) is 0 Å². The lowest BCUT2D eigenvalue weighted by atomic mass is 10.0. The quantitative estimate of drug-likeness (QED) is 0.900. The first-order chi connectivity index (χ1) is 7.33. The number of benzene rings is 2. The van der Waals surface area contributed by atoms with E-state index < -0.39 is 0 Å². The molecule has 0 atom stereocenters. The summed E-state index contributed by atoms with van der Waals surface area (Å²) in [5.41, 5.74) is 1.27. The van der Waals surface area contributed by atoms with Gasteiger partial charge in [0, 0.05) is 11.1 Å². The summed E-state index contributed by atoms with van der Waals surface area (Å²) in [5, 5.41) is 11.3. The molecule has 0 heterocycles. The van der Waals surface area contributed by atoms with Crippen molar-refractivity contribution in [2.75, 3.05) is 6.61 Å². The highest BCUT2D eigenvalue weighted by molar-refractivity contribution is 9.10. The summed E-state index contributed by atoms with van der Waals surface area (Å²) in [5.74, 6) is 0. The first kappa shape index (κ1) is 10.7. The molecule has 0 radical (unpaired) electrons. The van der Waals surface area contributed by atoms with E-state index in [1.54, 1.807) is 0 Å². The van der Waals surface area contributed by atoms with Crippen molar-refractivity contribution in [1.82, 2.24) is 0 Å². The van der Waals surface area contributed by atoms with Crippen molar-refractivity contribution in [3.8, 4) is 0 Å². The Morgan fingerprint density at radius 2 is 1.87 bits per heavy atom. The van der Waals surface area contributed by atoms with Crippen molar-refractivity contribution in [3.63, 3.8) is 0 Å². The third-order valence-corrected chi connectivity index (χ3v) is 3.48. The lowest BCUT2D eigenvalue weighted by Crippen LogP contribution is -1.91. The Hall–Kier alpha value is -0.860. The van der Waals surface area contributed by atoms with Crippen LogP contribution in [0.4, 0.5) is 0 Å². The summed E-state index contributed by atoms with van der Waals surface area (Å²) in [7, 11) is 0. The Balaban J connectivity index is 2.45. The van der Waals surface area contributed by atoms with Crippen LogP contribution >= 0.6 is 15.9 Å². The van der Waals surface area contributed by atoms with Crippen molar-refractivity contribution < 1.29 is 5.11 Å². The van der Waals surface area contributed by atoms with Gasteiger partial charge in [0.25, 0.3) is 0 Å². The molecule has 2 heteroatoms. The molecule has 0 unspecified atom stereocenters. The van der Waals surface area contributed by atoms with Crippen LogP contribution in [-0.4, -0.2) is 11.7 Å². The zero-order valence-electron chi connectivity index (χ0n) is 8.41. The highest BCUT2D eigenvalue weighted by Gasteiger charge is 2.03. The summed E-state index contributed by atoms with van der Waals surface area (Å²) >= 11 is 3.63. The molecule has 0 aliphatic heterocycles. The molecule has 0 saturated heterocycles. The largest absolute Gasteiger partial charge is 0.396 e. The van der Waals surface area contributed by atoms with Crippen LogP contribution in [0.15, 0.2) is 40.9 Å². The number of hydrogen-bond acceptors (Lipinski definition) is 1. The number of aryl methyl sites for hydroxylation is 1. The first-order valence-corrected chi connectivity index (χ1v) is 5.89. The van der Waals surface area contributed by atoms with E-state index in [2.05, 4.69) is 40.2 Å². The minimum Gasteiger partial charge on any atom is -0.396 e. The van der Waals surface area contributed by atoms with Crippen LogP contribution in [0.5, 0.6) is 0 Å². The Morgan fingerprint density at radius 3 is 2.67 bits per heavy atom. The van der Waals surface area contributed by atoms with Gasteiger partial charge in [0.1, 0.15) is 0 Å². The van der Waals surface area contributed by atoms with E-state index in [0.717, 1.165) is 17.3 Å². The smallest absolute Gasteiger partial charge is 0.0434 e. The molecule has 0 spiro atoms. The van der Waals surface area contributed by atoms with Crippen molar-refractivity contribution in [2.24, 2.45) is 0 Å². The maximum atomic E-state index is 8.82. The van der Waals surface area contributed by atoms with Gasteiger partial charge >= 0.3 is 0 Å². The fourth-order valence-corrected chi connectivity index (χ4v) is 2.43. The highest BCUT2D eigenvalue weighted by Crippen LogP contribution is 2.28. The zero-order valence-corrected chi connectivity index (χ0v) is 10.00. The zero-order chi connectivity index (χ0) is 10.7. The third kappa shape index (κ3) is 2.21. The van der Waals surface area contributed by atoms with Crippen LogP contribution in [0.1, 0.15) is 12.0 Å². The summed E-state index contributed by atoms with van der Waals surface area (Å²) < 4.78 is 1.16. The number of rotatable bonds is 3. The Bertz CT molecular complexity index is 465. The standard InChI is InChI=1S/C13H13BrO/c14-13-11(5-3-9-15)8-7-10-4-1-2-6-12(10)13/h1-2,4,6-8,15H,3,5,9H2. The lowest BCUT2D eigenvalue weighted by Gasteiger charge is -2.07. The van der Waals surface area contributed by atoms with E-state index in [4.69, 9.17) is 5.11 Å². The number of aliphatic hydroxyl groups is 1. The average molecular weight is 265 g/mol. The van der Waals surface area contributed by atoms with E-state index in [1.807, 2.05) is 12.1 Å². The van der Waals surface area contributed by atoms with Crippen LogP contribution in [0.2, 0.25) is 0 Å². The van der Waals surface area contributed by atoms with Crippen molar-refractivity contribution >= 4 is 26.7 Å². The summed E-state index contributed by atoms with van der Waals surface area (Å²) in [4.78, 5) is 0. The second-order valence-electron chi connectivity index (χ2n) is 3.59. The molecule has 2 aromatic carbocycles. The van der Waals surface area contributed by atoms with E-state index in [0.29, 0.717) is 0 Å². The molecule has 0 aliphatic carbocycles. The lowest BCUT2D eigenvalue weighted by molar-refractivity contribution is 0.288. The molecule has 1 nitrogen and oxygen atoms in total. The van der Waals surface area contributed by atoms with Crippen LogP contribution in [0, 0.1) is 0 Å². The first-order valence-electron chi connectivity index (χ1n) is 5.10. The molecule has 0 saturated carbocycles. The van der Waals surface area contributed by atoms with Crippen LogP contribution < -0.4 is 0 Å². The molecule has 0 aromatic heterocycles. The molecule has 15 heavy (non-hydrogen) atoms. The number of halogens is 1. The monoisotopic (exact) mass is 264 g/mol. The Labute approximate surface area is 97.9 Å². The molecule has 2 rings (SSSR count). The van der Waals surface area contributed by atoms with E-state index in [9.17, 15) is 0 Å². The minimum absolute atomic E-state index is 0.249. The highest BCUT2D eigenvalue weighted by atomic mass is 79.9. The maximum absolute atomic E-state index is 8.82. The molecule has 0 fully saturated rings. The number of aliphatic hydroxyl groups excluding tert-OH is 1. The average Bonchev–Trinajstić information content (AvgIpc) is 2.29. The third-order valence-electron chi connectivity index (χ3n) is 2.55. The Kier molecular flexibility index (Phi) is 3.39. The van der Waals surface area contributed by atoms with E-state index in [1.165, 1.54) is 16.3 Å². The van der Waals surface area contributed by atoms with Gasteiger partial charge in [-0.15, -0.1) is 0 Å². The summed E-state index contributed by atoms with van der Waals surface area (Å²) in [6.45, 7) is 0.249. The van der Waals surface area contributed by atoms with Gasteiger partial charge in [-0.1, -0.05) is 36.4 Å². The van der Waals surface area contributed by atoms with E-state index >= 15 is 0 Å². The second-order valence-corrected chi connectivity index (χ2v) is 4.38. The summed E-state index contributed by atoms with van der Waals surface area (Å²) in [6.07, 6.45) is 1.73. The predicted octanol–water partition coefficient (Wildman–Crippen LogP) is 3.53. The van der Waals surface area contributed by atoms with E-state index in [-0.39, 0.29) is 6.61 Å². The van der Waals surface area contributed by atoms with Gasteiger partial charge in [-0.2, -0.15) is 0 Å². The van der Waals surface area contributed by atoms with Crippen molar-refractivity contribution in [3.05, 3.63) is 46.4 Å². The van der Waals surface area contributed by atoms with Gasteiger partial charge in [0.2, 0.25) is 0 Å². The fourth-order valence-electron chi connectivity index (χ4n) is 1.74. The van der Waals surface area contributed by atoms with Gasteiger partial charge in [-0.25, -0.2) is 0 Å². The molecular formula is C13H13BrO. The number of fused-ring (bicyclic) bond motifs is 1.